The first-order chi connectivity index (χ1) is 4.57. The fraction of sp³-hybridized carbons (Fsp3) is 0. The molecule has 7 nitrogen and oxygen atoms in total. The topological polar surface area (TPSA) is 121 Å². The van der Waals surface area contributed by atoms with Crippen molar-refractivity contribution in [1.82, 2.24) is 10.5 Å². The summed E-state index contributed by atoms with van der Waals surface area (Å²) in [5.74, 6) is -0.581. The van der Waals surface area contributed by atoms with Gasteiger partial charge in [-0.05, 0) is 12.2 Å². The second kappa shape index (κ2) is 3.56. The van der Waals surface area contributed by atoms with Gasteiger partial charge >= 0.3 is 0 Å². The number of hydrogen-bond acceptors (Lipinski definition) is 4. The van der Waals surface area contributed by atoms with Gasteiger partial charge in [0.05, 0.1) is 5.29 Å². The molecule has 0 spiro atoms. The highest BCUT2D eigenvalue weighted by Gasteiger charge is 2.04. The Morgan fingerprint density at radius 2 is 2.20 bits per heavy atom. The van der Waals surface area contributed by atoms with Crippen LogP contribution in [-0.2, 0) is 0 Å². The van der Waals surface area contributed by atoms with Crippen molar-refractivity contribution in [3.63, 3.8) is 0 Å². The van der Waals surface area contributed by atoms with Crippen LogP contribution >= 0.6 is 12.2 Å². The van der Waals surface area contributed by atoms with E-state index in [4.69, 9.17) is 16.9 Å². The van der Waals surface area contributed by atoms with Crippen LogP contribution in [0.5, 0.6) is 0 Å². The monoisotopic (exact) mass is 162 g/mol. The van der Waals surface area contributed by atoms with E-state index in [1.807, 2.05) is 5.43 Å². The number of thiocarbonyl (C=S) groups is 1. The van der Waals surface area contributed by atoms with E-state index in [0.29, 0.717) is 5.12 Å². The molecular formula is C2H6N6OS. The first-order valence-electron chi connectivity index (χ1n) is 2.11. The lowest BCUT2D eigenvalue weighted by molar-refractivity contribution is 0.387. The van der Waals surface area contributed by atoms with Gasteiger partial charge in [-0.15, -0.1) is 10.0 Å². The standard InChI is InChI=1S/C2H6N6OS/c3-1(4)8(7-9)6-2(5)10/h(H3,3,4)(H3,5,6,10). The zero-order valence-corrected chi connectivity index (χ0v) is 5.68. The Kier molecular flexibility index (Phi) is 3.05. The Morgan fingerprint density at radius 1 is 1.70 bits per heavy atom. The third-order valence-electron chi connectivity index (χ3n) is 0.526. The maximum Gasteiger partial charge on any atom is 0.233 e. The molecule has 8 heteroatoms. The Balaban J connectivity index is 3.96. The van der Waals surface area contributed by atoms with Crippen LogP contribution in [0.15, 0.2) is 5.29 Å². The van der Waals surface area contributed by atoms with Crippen LogP contribution in [0.3, 0.4) is 0 Å². The number of nitrogens with zero attached hydrogens (tertiary/aromatic N) is 2. The molecule has 0 aliphatic carbocycles. The zero-order chi connectivity index (χ0) is 8.15. The summed E-state index contributed by atoms with van der Waals surface area (Å²) < 4.78 is 0. The van der Waals surface area contributed by atoms with Crippen molar-refractivity contribution < 1.29 is 0 Å². The predicted molar refractivity (Wildman–Crippen MR) is 39.5 cm³/mol. The molecule has 0 rings (SSSR count). The van der Waals surface area contributed by atoms with E-state index in [1.165, 1.54) is 0 Å². The van der Waals surface area contributed by atoms with Crippen LogP contribution in [0.4, 0.5) is 0 Å². The van der Waals surface area contributed by atoms with Gasteiger partial charge in [0.15, 0.2) is 5.11 Å². The molecule has 0 aliphatic rings. The van der Waals surface area contributed by atoms with E-state index in [-0.39, 0.29) is 5.11 Å². The number of nitrogens with two attached hydrogens (primary N) is 2. The molecule has 0 aromatic carbocycles. The lowest BCUT2D eigenvalue weighted by Crippen LogP contribution is -2.47. The summed E-state index contributed by atoms with van der Waals surface area (Å²) in [5.41, 5.74) is 11.8. The molecule has 0 amide bonds. The number of nitrogens with one attached hydrogen (secondary N) is 2. The van der Waals surface area contributed by atoms with E-state index in [9.17, 15) is 4.91 Å². The van der Waals surface area contributed by atoms with Gasteiger partial charge in [-0.3, -0.25) is 5.41 Å². The lowest BCUT2D eigenvalue weighted by Gasteiger charge is -2.11. The van der Waals surface area contributed by atoms with Crippen LogP contribution in [0.2, 0.25) is 0 Å². The van der Waals surface area contributed by atoms with E-state index in [1.54, 1.807) is 0 Å². The molecule has 0 saturated heterocycles. The minimum absolute atomic E-state index is 0.185. The van der Waals surface area contributed by atoms with Gasteiger partial charge in [0.25, 0.3) is 0 Å². The van der Waals surface area contributed by atoms with Crippen LogP contribution in [0.25, 0.3) is 0 Å². The highest BCUT2D eigenvalue weighted by molar-refractivity contribution is 7.80. The summed E-state index contributed by atoms with van der Waals surface area (Å²) in [5, 5.41) is 9.18. The second-order valence-electron chi connectivity index (χ2n) is 1.25. The molecule has 0 radical (unpaired) electrons. The molecule has 0 unspecified atom stereocenters. The molecule has 56 valence electrons. The largest absolute Gasteiger partial charge is 0.375 e. The average Bonchev–Trinajstić information content (AvgIpc) is 1.81. The van der Waals surface area contributed by atoms with Gasteiger partial charge in [0, 0.05) is 0 Å². The van der Waals surface area contributed by atoms with Gasteiger partial charge < -0.3 is 11.5 Å². The number of hydrazine groups is 1. The fourth-order valence-electron chi connectivity index (χ4n) is 0.229. The molecule has 0 heterocycles. The van der Waals surface area contributed by atoms with Crippen LogP contribution in [0, 0.1) is 10.3 Å². The maximum absolute atomic E-state index is 9.76. The fourth-order valence-corrected chi connectivity index (χ4v) is 0.315. The predicted octanol–water partition coefficient (Wildman–Crippen LogP) is -1.39. The average molecular weight is 162 g/mol. The maximum atomic E-state index is 9.76. The molecule has 6 N–H and O–H groups in total. The Labute approximate surface area is 61.8 Å². The first kappa shape index (κ1) is 8.56. The van der Waals surface area contributed by atoms with Crippen molar-refractivity contribution in [2.75, 3.05) is 0 Å². The first-order valence-corrected chi connectivity index (χ1v) is 2.52. The van der Waals surface area contributed by atoms with Crippen molar-refractivity contribution >= 4 is 23.3 Å². The van der Waals surface area contributed by atoms with Crippen molar-refractivity contribution in [3.8, 4) is 0 Å². The molecule has 0 aromatic rings. The van der Waals surface area contributed by atoms with Gasteiger partial charge in [0.1, 0.15) is 0 Å². The summed E-state index contributed by atoms with van der Waals surface area (Å²) >= 11 is 4.33. The summed E-state index contributed by atoms with van der Waals surface area (Å²) in [6, 6.07) is 0. The number of nitroso groups, excluding NO2 is 1. The minimum Gasteiger partial charge on any atom is -0.375 e. The zero-order valence-electron chi connectivity index (χ0n) is 4.87. The van der Waals surface area contributed by atoms with Crippen LogP contribution in [0.1, 0.15) is 0 Å². The molecule has 0 aromatic heterocycles. The number of hydrogen-bond donors (Lipinski definition) is 4. The Bertz CT molecular complexity index is 167. The van der Waals surface area contributed by atoms with Crippen LogP contribution in [-0.4, -0.2) is 16.2 Å². The molecule has 0 aliphatic heterocycles. The van der Waals surface area contributed by atoms with Gasteiger partial charge in [-0.2, -0.15) is 0 Å². The van der Waals surface area contributed by atoms with Gasteiger partial charge in [0.2, 0.25) is 5.96 Å². The van der Waals surface area contributed by atoms with Crippen LogP contribution < -0.4 is 16.9 Å². The van der Waals surface area contributed by atoms with E-state index in [0.717, 1.165) is 0 Å². The van der Waals surface area contributed by atoms with E-state index in [2.05, 4.69) is 17.5 Å². The SMILES string of the molecule is N=C(N)N(N=O)NC(N)=S. The molecule has 0 saturated carbocycles. The van der Waals surface area contributed by atoms with Crippen molar-refractivity contribution in [1.29, 1.82) is 5.41 Å². The van der Waals surface area contributed by atoms with Crippen molar-refractivity contribution in [2.24, 2.45) is 16.8 Å². The van der Waals surface area contributed by atoms with Gasteiger partial charge in [-0.1, -0.05) is 0 Å². The van der Waals surface area contributed by atoms with E-state index >= 15 is 0 Å². The molecule has 0 atom stereocenters. The van der Waals surface area contributed by atoms with Crippen molar-refractivity contribution in [2.45, 2.75) is 0 Å². The highest BCUT2D eigenvalue weighted by atomic mass is 32.1. The van der Waals surface area contributed by atoms with Crippen molar-refractivity contribution in [3.05, 3.63) is 4.91 Å². The molecular weight excluding hydrogens is 156 g/mol. The third kappa shape index (κ3) is 2.77. The third-order valence-corrected chi connectivity index (χ3v) is 0.617. The summed E-state index contributed by atoms with van der Waals surface area (Å²) in [4.78, 5) is 9.76. The minimum atomic E-state index is -0.581. The molecule has 0 fully saturated rings. The summed E-state index contributed by atoms with van der Waals surface area (Å²) in [6.07, 6.45) is 0. The normalized spacial score (nSPS) is 8.00. The quantitative estimate of drug-likeness (QED) is 0.124. The van der Waals surface area contributed by atoms with Gasteiger partial charge in [-0.25, -0.2) is 5.43 Å². The Hall–Kier alpha value is -1.44. The molecule has 10 heavy (non-hydrogen) atoms. The van der Waals surface area contributed by atoms with E-state index < -0.39 is 5.96 Å². The smallest absolute Gasteiger partial charge is 0.233 e. The summed E-state index contributed by atoms with van der Waals surface area (Å²) in [6.45, 7) is 0. The second-order valence-corrected chi connectivity index (χ2v) is 1.69. The molecule has 0 bridgehead atoms. The lowest BCUT2D eigenvalue weighted by atomic mass is 11.0. The number of guanidine groups is 1. The summed E-state index contributed by atoms with van der Waals surface area (Å²) in [7, 11) is 0. The number of rotatable bonds is 1. The Morgan fingerprint density at radius 3 is 2.30 bits per heavy atom. The highest BCUT2D eigenvalue weighted by Crippen LogP contribution is 1.77.